The minimum absolute atomic E-state index is 0.0372. The zero-order valence-corrected chi connectivity index (χ0v) is 12.4. The Labute approximate surface area is 116 Å². The molecular weight excluding hydrogens is 236 g/mol. The fourth-order valence-electron chi connectivity index (χ4n) is 5.65. The van der Waals surface area contributed by atoms with Crippen LogP contribution in [0.15, 0.2) is 11.6 Å². The molecule has 0 aliphatic heterocycles. The Hall–Kier alpha value is -0.790. The molecule has 2 nitrogen and oxygen atoms in total. The molecule has 2 bridgehead atoms. The van der Waals surface area contributed by atoms with E-state index in [1.807, 2.05) is 6.08 Å². The van der Waals surface area contributed by atoms with Crippen LogP contribution in [0.1, 0.15) is 52.9 Å². The fourth-order valence-corrected chi connectivity index (χ4v) is 5.65. The lowest BCUT2D eigenvalue weighted by Gasteiger charge is -2.40. The summed E-state index contributed by atoms with van der Waals surface area (Å²) in [5.41, 5.74) is 0.547. The number of allylic oxidation sites excluding steroid dienone is 1. The quantitative estimate of drug-likeness (QED) is 0.777. The summed E-state index contributed by atoms with van der Waals surface area (Å²) in [6.45, 7) is 6.22. The number of aliphatic carboxylic acids is 1. The van der Waals surface area contributed by atoms with E-state index < -0.39 is 5.97 Å². The molecule has 0 aromatic carbocycles. The van der Waals surface area contributed by atoms with Crippen LogP contribution < -0.4 is 0 Å². The smallest absolute Gasteiger partial charge is 0.330 e. The van der Waals surface area contributed by atoms with Gasteiger partial charge in [0, 0.05) is 5.57 Å². The Kier molecular flexibility index (Phi) is 3.03. The second-order valence-electron chi connectivity index (χ2n) is 7.71. The Bertz CT molecular complexity index is 421. The second-order valence-corrected chi connectivity index (χ2v) is 7.71. The van der Waals surface area contributed by atoms with Crippen molar-refractivity contribution < 1.29 is 9.90 Å². The molecule has 0 aromatic rings. The Morgan fingerprint density at radius 1 is 1.16 bits per heavy atom. The molecule has 3 rings (SSSR count). The molecule has 106 valence electrons. The molecule has 3 saturated carbocycles. The van der Waals surface area contributed by atoms with E-state index >= 15 is 0 Å². The topological polar surface area (TPSA) is 37.3 Å². The summed E-state index contributed by atoms with van der Waals surface area (Å²) < 4.78 is 0. The summed E-state index contributed by atoms with van der Waals surface area (Å²) in [7, 11) is 0. The molecule has 0 radical (unpaired) electrons. The Balaban J connectivity index is 1.80. The molecule has 1 N–H and O–H groups in total. The third kappa shape index (κ3) is 2.04. The number of hydrogen-bond donors (Lipinski definition) is 1. The van der Waals surface area contributed by atoms with E-state index in [1.165, 1.54) is 32.1 Å². The molecule has 0 heterocycles. The van der Waals surface area contributed by atoms with Crippen LogP contribution in [0.2, 0.25) is 0 Å². The van der Waals surface area contributed by atoms with Crippen LogP contribution in [0, 0.1) is 35.0 Å². The van der Waals surface area contributed by atoms with Crippen molar-refractivity contribution in [3.05, 3.63) is 11.6 Å². The van der Waals surface area contributed by atoms with Gasteiger partial charge in [-0.2, -0.15) is 0 Å². The summed E-state index contributed by atoms with van der Waals surface area (Å²) in [5.74, 6) is 3.72. The van der Waals surface area contributed by atoms with Gasteiger partial charge in [-0.25, -0.2) is 4.79 Å². The van der Waals surface area contributed by atoms with Crippen LogP contribution in [0.5, 0.6) is 0 Å². The number of rotatable bonds is 3. The van der Waals surface area contributed by atoms with Crippen molar-refractivity contribution >= 4 is 5.97 Å². The van der Waals surface area contributed by atoms with Crippen LogP contribution in [0.25, 0.3) is 0 Å². The van der Waals surface area contributed by atoms with E-state index in [4.69, 9.17) is 5.11 Å². The van der Waals surface area contributed by atoms with E-state index in [1.54, 1.807) is 6.92 Å². The molecule has 2 heteroatoms. The summed E-state index contributed by atoms with van der Waals surface area (Å²) in [6.07, 6.45) is 9.10. The third-order valence-electron chi connectivity index (χ3n) is 6.31. The molecule has 0 spiro atoms. The van der Waals surface area contributed by atoms with Gasteiger partial charge in [0.25, 0.3) is 0 Å². The van der Waals surface area contributed by atoms with Crippen molar-refractivity contribution in [2.75, 3.05) is 0 Å². The lowest BCUT2D eigenvalue weighted by Crippen LogP contribution is -2.33. The van der Waals surface area contributed by atoms with Gasteiger partial charge in [-0.05, 0) is 67.6 Å². The largest absolute Gasteiger partial charge is 0.478 e. The van der Waals surface area contributed by atoms with Gasteiger partial charge < -0.3 is 5.11 Å². The summed E-state index contributed by atoms with van der Waals surface area (Å²) in [4.78, 5) is 11.1. The lowest BCUT2D eigenvalue weighted by atomic mass is 9.65. The molecule has 5 unspecified atom stereocenters. The standard InChI is InChI=1S/C17H26O2/c1-10(16(18)19)9-17(2,3)15-8-11-7-14(15)13-6-4-5-12(11)13/h9,11-15H,4-8H2,1-3H3,(H,18,19). The van der Waals surface area contributed by atoms with E-state index in [0.717, 1.165) is 23.7 Å². The predicted molar refractivity (Wildman–Crippen MR) is 75.7 cm³/mol. The van der Waals surface area contributed by atoms with Crippen LogP contribution >= 0.6 is 0 Å². The number of carbonyl (C=O) groups is 1. The van der Waals surface area contributed by atoms with Crippen molar-refractivity contribution in [1.82, 2.24) is 0 Å². The Morgan fingerprint density at radius 3 is 2.53 bits per heavy atom. The van der Waals surface area contributed by atoms with Gasteiger partial charge in [0.15, 0.2) is 0 Å². The van der Waals surface area contributed by atoms with Gasteiger partial charge in [-0.3, -0.25) is 0 Å². The predicted octanol–water partition coefficient (Wildman–Crippen LogP) is 4.12. The molecule has 0 saturated heterocycles. The van der Waals surface area contributed by atoms with Gasteiger partial charge >= 0.3 is 5.97 Å². The minimum Gasteiger partial charge on any atom is -0.478 e. The number of fused-ring (bicyclic) bond motifs is 5. The highest BCUT2D eigenvalue weighted by Crippen LogP contribution is 2.64. The highest BCUT2D eigenvalue weighted by atomic mass is 16.4. The maximum absolute atomic E-state index is 11.1. The van der Waals surface area contributed by atoms with E-state index in [2.05, 4.69) is 13.8 Å². The highest BCUT2D eigenvalue weighted by molar-refractivity contribution is 5.85. The van der Waals surface area contributed by atoms with Crippen LogP contribution in [0.3, 0.4) is 0 Å². The fraction of sp³-hybridized carbons (Fsp3) is 0.824. The first kappa shape index (κ1) is 13.2. The van der Waals surface area contributed by atoms with Gasteiger partial charge in [0.05, 0.1) is 0 Å². The molecular formula is C17H26O2. The molecule has 3 aliphatic rings. The summed E-state index contributed by atoms with van der Waals surface area (Å²) >= 11 is 0. The first-order valence-corrected chi connectivity index (χ1v) is 7.83. The maximum atomic E-state index is 11.1. The first-order valence-electron chi connectivity index (χ1n) is 7.83. The van der Waals surface area contributed by atoms with Crippen LogP contribution in [-0.2, 0) is 4.79 Å². The van der Waals surface area contributed by atoms with E-state index in [0.29, 0.717) is 11.5 Å². The normalized spacial score (nSPS) is 41.6. The van der Waals surface area contributed by atoms with Crippen molar-refractivity contribution in [2.45, 2.75) is 52.9 Å². The van der Waals surface area contributed by atoms with Gasteiger partial charge in [0.2, 0.25) is 0 Å². The van der Waals surface area contributed by atoms with Crippen molar-refractivity contribution in [2.24, 2.45) is 35.0 Å². The lowest BCUT2D eigenvalue weighted by molar-refractivity contribution is -0.132. The molecule has 3 fully saturated rings. The first-order chi connectivity index (χ1) is 8.90. The van der Waals surface area contributed by atoms with Crippen molar-refractivity contribution in [1.29, 1.82) is 0 Å². The van der Waals surface area contributed by atoms with Gasteiger partial charge in [-0.1, -0.05) is 26.3 Å². The number of hydrogen-bond acceptors (Lipinski definition) is 1. The van der Waals surface area contributed by atoms with Gasteiger partial charge in [0.1, 0.15) is 0 Å². The van der Waals surface area contributed by atoms with Crippen molar-refractivity contribution in [3.63, 3.8) is 0 Å². The SMILES string of the molecule is CC(=CC(C)(C)C1CC2CC1C1CCCC21)C(=O)O. The van der Waals surface area contributed by atoms with Crippen molar-refractivity contribution in [3.8, 4) is 0 Å². The average Bonchev–Trinajstić information content (AvgIpc) is 3.00. The zero-order valence-electron chi connectivity index (χ0n) is 12.4. The van der Waals surface area contributed by atoms with Gasteiger partial charge in [-0.15, -0.1) is 0 Å². The average molecular weight is 262 g/mol. The summed E-state index contributed by atoms with van der Waals surface area (Å²) in [5, 5.41) is 9.10. The number of carboxylic acids is 1. The molecule has 0 amide bonds. The molecule has 19 heavy (non-hydrogen) atoms. The van der Waals surface area contributed by atoms with Crippen LogP contribution in [0.4, 0.5) is 0 Å². The zero-order chi connectivity index (χ0) is 13.8. The van der Waals surface area contributed by atoms with E-state index in [9.17, 15) is 4.79 Å². The summed E-state index contributed by atoms with van der Waals surface area (Å²) in [6, 6.07) is 0. The highest BCUT2D eigenvalue weighted by Gasteiger charge is 2.56. The number of carboxylic acid groups (broad SMARTS) is 1. The molecule has 0 aromatic heterocycles. The van der Waals surface area contributed by atoms with E-state index in [-0.39, 0.29) is 5.41 Å². The third-order valence-corrected chi connectivity index (χ3v) is 6.31. The molecule has 5 atom stereocenters. The minimum atomic E-state index is -0.769. The maximum Gasteiger partial charge on any atom is 0.330 e. The molecule has 3 aliphatic carbocycles. The monoisotopic (exact) mass is 262 g/mol. The van der Waals surface area contributed by atoms with Crippen LogP contribution in [-0.4, -0.2) is 11.1 Å². The second kappa shape index (κ2) is 4.36. The Morgan fingerprint density at radius 2 is 1.84 bits per heavy atom.